The maximum Gasteiger partial charge on any atom is 0.418 e. The molecule has 0 aliphatic rings. The van der Waals surface area contributed by atoms with Crippen molar-refractivity contribution in [3.63, 3.8) is 0 Å². The number of benzene rings is 1. The Morgan fingerprint density at radius 3 is 2.56 bits per heavy atom. The van der Waals surface area contributed by atoms with Crippen LogP contribution in [0.1, 0.15) is 35.1 Å². The van der Waals surface area contributed by atoms with Crippen LogP contribution in [0, 0.1) is 6.92 Å². The first-order valence-electron chi connectivity index (χ1n) is 8.52. The minimum atomic E-state index is -4.60. The second-order valence-electron chi connectivity index (χ2n) is 5.93. The molecule has 0 unspecified atom stereocenters. The first-order valence-corrected chi connectivity index (χ1v) is 8.52. The zero-order valence-corrected chi connectivity index (χ0v) is 15.1. The van der Waals surface area contributed by atoms with Gasteiger partial charge in [-0.25, -0.2) is 4.68 Å². The van der Waals surface area contributed by atoms with Crippen LogP contribution in [0.15, 0.2) is 35.1 Å². The number of carbonyl (C=O) groups excluding carboxylic acids is 1. The van der Waals surface area contributed by atoms with E-state index in [4.69, 9.17) is 0 Å². The zero-order valence-electron chi connectivity index (χ0n) is 15.1. The molecule has 0 bridgehead atoms. The smallest absolute Gasteiger partial charge is 0.349 e. The van der Waals surface area contributed by atoms with Crippen LogP contribution in [0.5, 0.6) is 0 Å². The molecule has 9 heteroatoms. The van der Waals surface area contributed by atoms with Crippen LogP contribution in [-0.2, 0) is 6.18 Å². The third kappa shape index (κ3) is 5.16. The molecule has 1 heterocycles. The molecule has 1 aromatic heterocycles. The van der Waals surface area contributed by atoms with E-state index in [0.29, 0.717) is 6.54 Å². The van der Waals surface area contributed by atoms with Gasteiger partial charge in [0.1, 0.15) is 0 Å². The molecule has 2 aromatic rings. The van der Waals surface area contributed by atoms with E-state index in [0.717, 1.165) is 29.8 Å². The minimum Gasteiger partial charge on any atom is -0.349 e. The molecule has 1 amide bonds. The molecule has 1 aromatic carbocycles. The van der Waals surface area contributed by atoms with Gasteiger partial charge in [-0.2, -0.15) is 18.3 Å². The van der Waals surface area contributed by atoms with Crippen molar-refractivity contribution in [3.8, 4) is 5.69 Å². The largest absolute Gasteiger partial charge is 0.418 e. The summed E-state index contributed by atoms with van der Waals surface area (Å²) in [7, 11) is 0. The van der Waals surface area contributed by atoms with E-state index in [1.165, 1.54) is 25.1 Å². The Bertz CT molecular complexity index is 862. The van der Waals surface area contributed by atoms with E-state index in [-0.39, 0.29) is 17.9 Å². The van der Waals surface area contributed by atoms with E-state index < -0.39 is 28.8 Å². The molecular weight excluding hydrogens is 361 g/mol. The fourth-order valence-corrected chi connectivity index (χ4v) is 2.50. The Kier molecular flexibility index (Phi) is 6.73. The third-order valence-corrected chi connectivity index (χ3v) is 3.77. The number of para-hydroxylation sites is 1. The normalized spacial score (nSPS) is 11.4. The van der Waals surface area contributed by atoms with Gasteiger partial charge in [-0.3, -0.25) is 9.59 Å². The first-order chi connectivity index (χ1) is 12.8. The van der Waals surface area contributed by atoms with Crippen molar-refractivity contribution in [3.05, 3.63) is 57.5 Å². The van der Waals surface area contributed by atoms with Crippen LogP contribution in [0.25, 0.3) is 5.69 Å². The third-order valence-electron chi connectivity index (χ3n) is 3.77. The lowest BCUT2D eigenvalue weighted by molar-refractivity contribution is -0.137. The van der Waals surface area contributed by atoms with Gasteiger partial charge in [-0.05, 0) is 32.0 Å². The second-order valence-corrected chi connectivity index (χ2v) is 5.93. The highest BCUT2D eigenvalue weighted by molar-refractivity contribution is 5.92. The Balaban J connectivity index is 2.35. The Morgan fingerprint density at radius 2 is 1.89 bits per heavy atom. The predicted octanol–water partition coefficient (Wildman–Crippen LogP) is 2.29. The number of aromatic nitrogens is 2. The van der Waals surface area contributed by atoms with Gasteiger partial charge in [0.25, 0.3) is 5.91 Å². The zero-order chi connectivity index (χ0) is 20.0. The topological polar surface area (TPSA) is 76.0 Å². The molecule has 0 radical (unpaired) electrons. The standard InChI is InChI=1S/C18H21F3N4O2/c1-3-8-22-9-10-23-17(27)16-15(26)11-12(2)25(24-16)14-7-5-4-6-13(14)18(19,20)21/h4-7,11,22H,3,8-10H2,1-2H3,(H,23,27). The number of aryl methyl sites for hydroxylation is 1. The summed E-state index contributed by atoms with van der Waals surface area (Å²) in [5.41, 5.74) is -2.06. The summed E-state index contributed by atoms with van der Waals surface area (Å²) in [5.74, 6) is -0.725. The number of amides is 1. The quantitative estimate of drug-likeness (QED) is 0.721. The highest BCUT2D eigenvalue weighted by Crippen LogP contribution is 2.33. The highest BCUT2D eigenvalue weighted by atomic mass is 19.4. The van der Waals surface area contributed by atoms with E-state index in [1.54, 1.807) is 0 Å². The van der Waals surface area contributed by atoms with Crippen LogP contribution in [-0.4, -0.2) is 35.3 Å². The SMILES string of the molecule is CCCNCCNC(=O)c1nn(-c2ccccc2C(F)(F)F)c(C)cc1=O. The lowest BCUT2D eigenvalue weighted by atomic mass is 10.1. The van der Waals surface area contributed by atoms with Gasteiger partial charge in [0.05, 0.1) is 11.3 Å². The molecule has 0 saturated heterocycles. The maximum absolute atomic E-state index is 13.3. The summed E-state index contributed by atoms with van der Waals surface area (Å²) in [6, 6.07) is 5.96. The molecule has 0 saturated carbocycles. The van der Waals surface area contributed by atoms with Gasteiger partial charge in [0.2, 0.25) is 5.43 Å². The molecule has 27 heavy (non-hydrogen) atoms. The lowest BCUT2D eigenvalue weighted by Crippen LogP contribution is -2.36. The van der Waals surface area contributed by atoms with Gasteiger partial charge in [-0.15, -0.1) is 0 Å². The van der Waals surface area contributed by atoms with Crippen LogP contribution >= 0.6 is 0 Å². The van der Waals surface area contributed by atoms with Crippen molar-refractivity contribution in [1.29, 1.82) is 0 Å². The number of halogens is 3. The molecule has 2 N–H and O–H groups in total. The summed E-state index contributed by atoms with van der Waals surface area (Å²) >= 11 is 0. The summed E-state index contributed by atoms with van der Waals surface area (Å²) in [6.45, 7) is 5.03. The van der Waals surface area contributed by atoms with Gasteiger partial charge < -0.3 is 10.6 Å². The van der Waals surface area contributed by atoms with Crippen LogP contribution in [0.4, 0.5) is 13.2 Å². The number of carbonyl (C=O) groups is 1. The van der Waals surface area contributed by atoms with Gasteiger partial charge in [0.15, 0.2) is 5.69 Å². The number of hydrogen-bond donors (Lipinski definition) is 2. The van der Waals surface area contributed by atoms with E-state index in [9.17, 15) is 22.8 Å². The van der Waals surface area contributed by atoms with Crippen molar-refractivity contribution in [1.82, 2.24) is 20.4 Å². The predicted molar refractivity (Wildman–Crippen MR) is 95.1 cm³/mol. The van der Waals surface area contributed by atoms with Crippen LogP contribution in [0.2, 0.25) is 0 Å². The molecule has 0 spiro atoms. The molecule has 6 nitrogen and oxygen atoms in total. The Labute approximate surface area is 154 Å². The summed E-state index contributed by atoms with van der Waals surface area (Å²) in [5, 5.41) is 9.53. The summed E-state index contributed by atoms with van der Waals surface area (Å²) in [6.07, 6.45) is -3.65. The Morgan fingerprint density at radius 1 is 1.19 bits per heavy atom. The van der Waals surface area contributed by atoms with Gasteiger partial charge in [0, 0.05) is 24.8 Å². The van der Waals surface area contributed by atoms with E-state index >= 15 is 0 Å². The Hall–Kier alpha value is -2.68. The number of hydrogen-bond acceptors (Lipinski definition) is 4. The van der Waals surface area contributed by atoms with E-state index in [2.05, 4.69) is 15.7 Å². The average molecular weight is 382 g/mol. The monoisotopic (exact) mass is 382 g/mol. The molecule has 0 aliphatic carbocycles. The average Bonchev–Trinajstić information content (AvgIpc) is 2.61. The van der Waals surface area contributed by atoms with Crippen molar-refractivity contribution in [2.75, 3.05) is 19.6 Å². The highest BCUT2D eigenvalue weighted by Gasteiger charge is 2.34. The maximum atomic E-state index is 13.3. The fraction of sp³-hybridized carbons (Fsp3) is 0.389. The molecular formula is C18H21F3N4O2. The molecule has 0 atom stereocenters. The van der Waals surface area contributed by atoms with Gasteiger partial charge in [-0.1, -0.05) is 19.1 Å². The number of nitrogens with one attached hydrogen (secondary N) is 2. The van der Waals surface area contributed by atoms with Crippen molar-refractivity contribution in [2.45, 2.75) is 26.4 Å². The fourth-order valence-electron chi connectivity index (χ4n) is 2.50. The van der Waals surface area contributed by atoms with Gasteiger partial charge >= 0.3 is 6.18 Å². The van der Waals surface area contributed by atoms with E-state index in [1.807, 2.05) is 6.92 Å². The summed E-state index contributed by atoms with van der Waals surface area (Å²) < 4.78 is 40.8. The number of nitrogens with zero attached hydrogens (tertiary/aromatic N) is 2. The summed E-state index contributed by atoms with van der Waals surface area (Å²) in [4.78, 5) is 24.3. The van der Waals surface area contributed by atoms with Crippen LogP contribution in [0.3, 0.4) is 0 Å². The second kappa shape index (κ2) is 8.81. The lowest BCUT2D eigenvalue weighted by Gasteiger charge is -2.16. The molecule has 0 aliphatic heterocycles. The number of rotatable bonds is 7. The minimum absolute atomic E-state index is 0.192. The van der Waals surface area contributed by atoms with Crippen LogP contribution < -0.4 is 16.1 Å². The van der Waals surface area contributed by atoms with Crippen molar-refractivity contribution < 1.29 is 18.0 Å². The molecule has 146 valence electrons. The van der Waals surface area contributed by atoms with Crippen molar-refractivity contribution in [2.24, 2.45) is 0 Å². The number of alkyl halides is 3. The van der Waals surface area contributed by atoms with Crippen molar-refractivity contribution >= 4 is 5.91 Å². The molecule has 0 fully saturated rings. The molecule has 2 rings (SSSR count). The first kappa shape index (κ1) is 20.6.